The fourth-order valence-corrected chi connectivity index (χ4v) is 0.482. The number of allylic oxidation sites excluding steroid dienone is 4. The summed E-state index contributed by atoms with van der Waals surface area (Å²) in [6.07, 6.45) is 7.71. The number of hydrogen-bond acceptors (Lipinski definition) is 1. The number of hydrogen-bond donors (Lipinski definition) is 0. The molecule has 0 aliphatic heterocycles. The van der Waals surface area contributed by atoms with Crippen LogP contribution in [0, 0.1) is 0 Å². The van der Waals surface area contributed by atoms with Gasteiger partial charge in [-0.3, -0.25) is 4.99 Å². The molecule has 0 rings (SSSR count). The molecule has 0 aromatic carbocycles. The summed E-state index contributed by atoms with van der Waals surface area (Å²) in [6.45, 7) is 5.87. The van der Waals surface area contributed by atoms with Crippen LogP contribution in [0.15, 0.2) is 28.9 Å². The zero-order chi connectivity index (χ0) is 7.11. The lowest BCUT2D eigenvalue weighted by atomic mass is 10.4. The van der Waals surface area contributed by atoms with Gasteiger partial charge < -0.3 is 0 Å². The molecule has 9 heavy (non-hydrogen) atoms. The Labute approximate surface area is 56.8 Å². The van der Waals surface area contributed by atoms with Gasteiger partial charge >= 0.3 is 0 Å². The van der Waals surface area contributed by atoms with Crippen molar-refractivity contribution in [3.8, 4) is 0 Å². The topological polar surface area (TPSA) is 12.4 Å². The molecule has 0 heterocycles. The molecule has 0 fully saturated rings. The Morgan fingerprint density at radius 2 is 2.00 bits per heavy atom. The van der Waals surface area contributed by atoms with E-state index in [9.17, 15) is 0 Å². The van der Waals surface area contributed by atoms with E-state index in [1.807, 2.05) is 39.0 Å². The largest absolute Gasteiger partial charge is 0.266 e. The van der Waals surface area contributed by atoms with E-state index < -0.39 is 0 Å². The van der Waals surface area contributed by atoms with Gasteiger partial charge in [-0.2, -0.15) is 0 Å². The summed E-state index contributed by atoms with van der Waals surface area (Å²) in [5.74, 6) is 0. The van der Waals surface area contributed by atoms with Crippen LogP contribution in [-0.2, 0) is 0 Å². The highest BCUT2D eigenvalue weighted by molar-refractivity contribution is 5.55. The second-order valence-corrected chi connectivity index (χ2v) is 1.72. The van der Waals surface area contributed by atoms with Gasteiger partial charge in [0, 0.05) is 11.9 Å². The lowest BCUT2D eigenvalue weighted by Crippen LogP contribution is -1.66. The Kier molecular flexibility index (Phi) is 4.79. The van der Waals surface area contributed by atoms with Crippen molar-refractivity contribution in [2.75, 3.05) is 0 Å². The second-order valence-electron chi connectivity index (χ2n) is 1.72. The van der Waals surface area contributed by atoms with Crippen molar-refractivity contribution in [1.29, 1.82) is 0 Å². The van der Waals surface area contributed by atoms with E-state index in [0.29, 0.717) is 0 Å². The van der Waals surface area contributed by atoms with Gasteiger partial charge in [-0.1, -0.05) is 12.2 Å². The summed E-state index contributed by atoms with van der Waals surface area (Å²) in [7, 11) is 0. The van der Waals surface area contributed by atoms with Crippen molar-refractivity contribution in [3.63, 3.8) is 0 Å². The molecule has 1 heteroatoms. The molecule has 0 unspecified atom stereocenters. The third-order valence-electron chi connectivity index (χ3n) is 0.863. The van der Waals surface area contributed by atoms with Gasteiger partial charge in [0.05, 0.1) is 0 Å². The molecule has 0 aromatic rings. The van der Waals surface area contributed by atoms with Crippen LogP contribution in [0.2, 0.25) is 0 Å². The highest BCUT2D eigenvalue weighted by atomic mass is 14.7. The molecule has 0 saturated heterocycles. The molecule has 50 valence electrons. The molecule has 0 N–H and O–H groups in total. The minimum absolute atomic E-state index is 1.04. The molecule has 1 nitrogen and oxygen atoms in total. The standard InChI is InChI=1S/C8H13N/c1-4-6-7-8(3)9-5-2/h4-7H,1-3H3/b6-4?,8-7-,9-5-. The zero-order valence-electron chi connectivity index (χ0n) is 6.26. The molecule has 0 amide bonds. The van der Waals surface area contributed by atoms with Crippen LogP contribution in [0.5, 0.6) is 0 Å². The van der Waals surface area contributed by atoms with Crippen molar-refractivity contribution >= 4 is 6.21 Å². The minimum Gasteiger partial charge on any atom is -0.266 e. The van der Waals surface area contributed by atoms with Gasteiger partial charge in [-0.15, -0.1) is 0 Å². The molecular weight excluding hydrogens is 110 g/mol. The first kappa shape index (κ1) is 8.15. The minimum atomic E-state index is 1.04. The van der Waals surface area contributed by atoms with Gasteiger partial charge in [-0.25, -0.2) is 0 Å². The van der Waals surface area contributed by atoms with Crippen molar-refractivity contribution in [1.82, 2.24) is 0 Å². The lowest BCUT2D eigenvalue weighted by molar-refractivity contribution is 1.31. The normalized spacial score (nSPS) is 13.9. The Hall–Kier alpha value is -0.850. The maximum absolute atomic E-state index is 4.05. The van der Waals surface area contributed by atoms with Gasteiger partial charge in [0.2, 0.25) is 0 Å². The summed E-state index contributed by atoms with van der Waals surface area (Å²) in [5.41, 5.74) is 1.04. The summed E-state index contributed by atoms with van der Waals surface area (Å²) >= 11 is 0. The molecular formula is C8H13N. The SMILES string of the molecule is CC=C/C=C(C)\N=C/C. The van der Waals surface area contributed by atoms with E-state index in [2.05, 4.69) is 4.99 Å². The Balaban J connectivity index is 3.84. The Morgan fingerprint density at radius 1 is 1.33 bits per heavy atom. The number of aliphatic imine (C=N–C) groups is 1. The maximum atomic E-state index is 4.05. The van der Waals surface area contributed by atoms with Crippen molar-refractivity contribution in [2.24, 2.45) is 4.99 Å². The van der Waals surface area contributed by atoms with Gasteiger partial charge in [0.1, 0.15) is 0 Å². The summed E-state index contributed by atoms with van der Waals surface area (Å²) < 4.78 is 0. The van der Waals surface area contributed by atoms with E-state index in [1.165, 1.54) is 0 Å². The van der Waals surface area contributed by atoms with Crippen molar-refractivity contribution in [3.05, 3.63) is 23.9 Å². The van der Waals surface area contributed by atoms with Gasteiger partial charge in [0.25, 0.3) is 0 Å². The highest BCUT2D eigenvalue weighted by Gasteiger charge is 1.73. The van der Waals surface area contributed by atoms with Crippen LogP contribution >= 0.6 is 0 Å². The fraction of sp³-hybridized carbons (Fsp3) is 0.375. The molecule has 0 bridgehead atoms. The molecule has 0 atom stereocenters. The Morgan fingerprint density at radius 3 is 2.44 bits per heavy atom. The number of nitrogens with zero attached hydrogens (tertiary/aromatic N) is 1. The van der Waals surface area contributed by atoms with Crippen LogP contribution in [0.3, 0.4) is 0 Å². The van der Waals surface area contributed by atoms with E-state index >= 15 is 0 Å². The van der Waals surface area contributed by atoms with Gasteiger partial charge in [-0.05, 0) is 26.8 Å². The first-order valence-corrected chi connectivity index (χ1v) is 3.09. The fourth-order valence-electron chi connectivity index (χ4n) is 0.482. The molecule has 0 aliphatic rings. The summed E-state index contributed by atoms with van der Waals surface area (Å²) in [5, 5.41) is 0. The monoisotopic (exact) mass is 123 g/mol. The van der Waals surface area contributed by atoms with Crippen LogP contribution in [-0.4, -0.2) is 6.21 Å². The summed E-state index contributed by atoms with van der Waals surface area (Å²) in [4.78, 5) is 4.05. The van der Waals surface area contributed by atoms with Crippen LogP contribution < -0.4 is 0 Å². The Bertz CT molecular complexity index is 141. The molecule has 0 aromatic heterocycles. The van der Waals surface area contributed by atoms with Crippen LogP contribution in [0.1, 0.15) is 20.8 Å². The van der Waals surface area contributed by atoms with Crippen molar-refractivity contribution in [2.45, 2.75) is 20.8 Å². The zero-order valence-corrected chi connectivity index (χ0v) is 6.26. The van der Waals surface area contributed by atoms with E-state index in [0.717, 1.165) is 5.70 Å². The van der Waals surface area contributed by atoms with E-state index in [4.69, 9.17) is 0 Å². The first-order chi connectivity index (χ1) is 4.31. The van der Waals surface area contributed by atoms with E-state index in [-0.39, 0.29) is 0 Å². The quantitative estimate of drug-likeness (QED) is 0.395. The predicted molar refractivity (Wildman–Crippen MR) is 42.7 cm³/mol. The average molecular weight is 123 g/mol. The van der Waals surface area contributed by atoms with Crippen LogP contribution in [0.4, 0.5) is 0 Å². The molecule has 0 spiro atoms. The summed E-state index contributed by atoms with van der Waals surface area (Å²) in [6, 6.07) is 0. The van der Waals surface area contributed by atoms with Gasteiger partial charge in [0.15, 0.2) is 0 Å². The molecule has 0 aliphatic carbocycles. The lowest BCUT2D eigenvalue weighted by Gasteiger charge is -1.83. The predicted octanol–water partition coefficient (Wildman–Crippen LogP) is 2.56. The van der Waals surface area contributed by atoms with Crippen LogP contribution in [0.25, 0.3) is 0 Å². The average Bonchev–Trinajstić information content (AvgIpc) is 1.85. The maximum Gasteiger partial charge on any atom is 0.0368 e. The first-order valence-electron chi connectivity index (χ1n) is 3.09. The van der Waals surface area contributed by atoms with Crippen molar-refractivity contribution < 1.29 is 0 Å². The smallest absolute Gasteiger partial charge is 0.0368 e. The molecule has 0 saturated carbocycles. The number of rotatable bonds is 2. The third-order valence-corrected chi connectivity index (χ3v) is 0.863. The molecule has 0 radical (unpaired) electrons. The van der Waals surface area contributed by atoms with E-state index in [1.54, 1.807) is 6.21 Å². The highest BCUT2D eigenvalue weighted by Crippen LogP contribution is 1.92. The second kappa shape index (κ2) is 5.29. The third kappa shape index (κ3) is 5.01.